The van der Waals surface area contributed by atoms with Crippen molar-refractivity contribution in [1.82, 2.24) is 5.32 Å². The number of fused-ring (bicyclic) bond motifs is 1. The number of hydrogen-bond donors (Lipinski definition) is 3. The Morgan fingerprint density at radius 3 is 2.22 bits per heavy atom. The molecule has 3 amide bonds. The summed E-state index contributed by atoms with van der Waals surface area (Å²) >= 11 is 5.99. The molecule has 41 heavy (non-hydrogen) atoms. The molecule has 8 nitrogen and oxygen atoms in total. The van der Waals surface area contributed by atoms with Gasteiger partial charge in [0.15, 0.2) is 0 Å². The number of alkyl halides is 6. The van der Waals surface area contributed by atoms with Gasteiger partial charge in [0, 0.05) is 41.3 Å². The van der Waals surface area contributed by atoms with Crippen molar-refractivity contribution in [2.75, 3.05) is 12.4 Å². The number of nitrogens with zero attached hydrogens (tertiary/aromatic N) is 1. The maximum atomic E-state index is 13.0. The fraction of sp³-hybridized carbons (Fsp3) is 0.385. The molecule has 0 saturated carbocycles. The molecule has 1 aliphatic heterocycles. The van der Waals surface area contributed by atoms with Crippen LogP contribution in [0.2, 0.25) is 5.02 Å². The Morgan fingerprint density at radius 1 is 1.10 bits per heavy atom. The molecule has 3 rings (SSSR count). The van der Waals surface area contributed by atoms with Crippen molar-refractivity contribution in [3.8, 4) is 5.75 Å². The first-order chi connectivity index (χ1) is 19.0. The van der Waals surface area contributed by atoms with Crippen molar-refractivity contribution >= 4 is 40.7 Å². The third kappa shape index (κ3) is 10.6. The van der Waals surface area contributed by atoms with Crippen LogP contribution in [0.15, 0.2) is 47.5 Å². The van der Waals surface area contributed by atoms with E-state index in [4.69, 9.17) is 22.1 Å². The van der Waals surface area contributed by atoms with Crippen molar-refractivity contribution in [1.29, 1.82) is 0 Å². The number of benzene rings is 2. The highest BCUT2D eigenvalue weighted by atomic mass is 35.5. The smallest absolute Gasteiger partial charge is 0.389 e. The molecule has 0 aliphatic carbocycles. The number of para-hydroxylation sites is 1. The van der Waals surface area contributed by atoms with Crippen LogP contribution in [-0.2, 0) is 14.4 Å². The summed E-state index contributed by atoms with van der Waals surface area (Å²) in [5.74, 6) is -3.70. The van der Waals surface area contributed by atoms with Crippen molar-refractivity contribution < 1.29 is 45.5 Å². The number of primary amides is 1. The van der Waals surface area contributed by atoms with Gasteiger partial charge in [0.25, 0.3) is 5.91 Å². The minimum Gasteiger partial charge on any atom is -0.495 e. The minimum absolute atomic E-state index is 0.302. The van der Waals surface area contributed by atoms with Gasteiger partial charge < -0.3 is 21.1 Å². The van der Waals surface area contributed by atoms with E-state index in [0.29, 0.717) is 33.3 Å². The molecular formula is C26H27ClF6N4O4. The Morgan fingerprint density at radius 2 is 1.71 bits per heavy atom. The molecule has 1 aliphatic rings. The van der Waals surface area contributed by atoms with Crippen LogP contribution in [0.1, 0.15) is 43.7 Å². The number of ether oxygens (including phenoxy) is 1. The zero-order valence-electron chi connectivity index (χ0n) is 21.8. The molecular weight excluding hydrogens is 582 g/mol. The lowest BCUT2D eigenvalue weighted by Crippen LogP contribution is -2.45. The fourth-order valence-electron chi connectivity index (χ4n) is 3.57. The summed E-state index contributed by atoms with van der Waals surface area (Å²) in [4.78, 5) is 41.6. The number of methoxy groups -OCH3 is 1. The summed E-state index contributed by atoms with van der Waals surface area (Å²) in [7, 11) is 1.42. The lowest BCUT2D eigenvalue weighted by atomic mass is 9.97. The summed E-state index contributed by atoms with van der Waals surface area (Å²) in [5.41, 5.74) is 6.78. The van der Waals surface area contributed by atoms with Gasteiger partial charge in [-0.1, -0.05) is 42.8 Å². The fourth-order valence-corrected chi connectivity index (χ4v) is 3.70. The molecule has 0 aromatic heterocycles. The molecule has 1 heterocycles. The van der Waals surface area contributed by atoms with Gasteiger partial charge in [-0.15, -0.1) is 0 Å². The van der Waals surface area contributed by atoms with Gasteiger partial charge in [0.1, 0.15) is 5.75 Å². The minimum atomic E-state index is -4.53. The second kappa shape index (κ2) is 14.2. The van der Waals surface area contributed by atoms with Crippen LogP contribution in [0.25, 0.3) is 0 Å². The van der Waals surface area contributed by atoms with E-state index >= 15 is 0 Å². The number of hydrogen-bond acceptors (Lipinski definition) is 5. The lowest BCUT2D eigenvalue weighted by Gasteiger charge is -2.19. The second-order valence-electron chi connectivity index (χ2n) is 8.76. The normalized spacial score (nSPS) is 15.7. The number of carbonyl (C=O) groups is 3. The number of nitrogens with one attached hydrogen (secondary N) is 2. The van der Waals surface area contributed by atoms with Crippen molar-refractivity contribution in [2.45, 2.75) is 51.1 Å². The highest BCUT2D eigenvalue weighted by Gasteiger charge is 2.34. The van der Waals surface area contributed by atoms with Crippen LogP contribution in [0.4, 0.5) is 32.0 Å². The number of amides is 3. The van der Waals surface area contributed by atoms with Gasteiger partial charge in [-0.05, 0) is 24.6 Å². The molecule has 2 aromatic rings. The lowest BCUT2D eigenvalue weighted by molar-refractivity contribution is -0.143. The SMILES string of the molecule is CCC(F)(F)F.COc1cccc2c1NC(=O)C(NC(=O)C(CCC(F)(F)F)CC(N)=O)N=C2c1ccc(Cl)cc1. The summed E-state index contributed by atoms with van der Waals surface area (Å²) in [6.07, 6.45) is -13.3. The summed E-state index contributed by atoms with van der Waals surface area (Å²) in [5, 5.41) is 5.47. The van der Waals surface area contributed by atoms with Gasteiger partial charge in [-0.2, -0.15) is 26.3 Å². The predicted octanol–water partition coefficient (Wildman–Crippen LogP) is 5.37. The van der Waals surface area contributed by atoms with E-state index in [1.807, 2.05) is 0 Å². The average molecular weight is 609 g/mol. The van der Waals surface area contributed by atoms with Gasteiger partial charge in [0.05, 0.1) is 18.5 Å². The Bertz CT molecular complexity index is 1270. The second-order valence-corrected chi connectivity index (χ2v) is 9.19. The molecule has 224 valence electrons. The van der Waals surface area contributed by atoms with E-state index in [1.54, 1.807) is 42.5 Å². The molecule has 15 heteroatoms. The van der Waals surface area contributed by atoms with E-state index in [0.717, 1.165) is 6.92 Å². The average Bonchev–Trinajstić information content (AvgIpc) is 3.02. The Balaban J connectivity index is 0.000000883. The largest absolute Gasteiger partial charge is 0.495 e. The summed E-state index contributed by atoms with van der Waals surface area (Å²) in [6, 6.07) is 11.6. The van der Waals surface area contributed by atoms with E-state index in [9.17, 15) is 40.7 Å². The van der Waals surface area contributed by atoms with Crippen LogP contribution in [0, 0.1) is 5.92 Å². The van der Waals surface area contributed by atoms with Crippen LogP contribution in [0.3, 0.4) is 0 Å². The predicted molar refractivity (Wildman–Crippen MR) is 140 cm³/mol. The third-order valence-electron chi connectivity index (χ3n) is 5.65. The van der Waals surface area contributed by atoms with E-state index in [1.165, 1.54) is 7.11 Å². The molecule has 0 radical (unpaired) electrons. The number of carbonyl (C=O) groups excluding carboxylic acids is 3. The number of aliphatic imine (C=N–C) groups is 1. The van der Waals surface area contributed by atoms with Gasteiger partial charge in [0.2, 0.25) is 18.0 Å². The molecule has 0 spiro atoms. The quantitative estimate of drug-likeness (QED) is 0.349. The standard InChI is InChI=1S/C23H22ClF3N4O4.C3H5F3/c1-35-16-4-2-3-15-18(12-5-7-14(24)8-6-12)29-20(22(34)30-19(15)16)31-21(33)13(11-17(28)32)9-10-23(25,26)27;1-2-3(4,5)6/h2-8,13,20H,9-11H2,1H3,(H2,28,32)(H,30,34)(H,31,33);2H2,1H3. The Hall–Kier alpha value is -3.81. The molecule has 2 unspecified atom stereocenters. The number of rotatable bonds is 8. The third-order valence-corrected chi connectivity index (χ3v) is 5.90. The Labute approximate surface area is 236 Å². The number of anilines is 1. The van der Waals surface area contributed by atoms with E-state index in [2.05, 4.69) is 15.6 Å². The van der Waals surface area contributed by atoms with Gasteiger partial charge in [-0.25, -0.2) is 4.99 Å². The summed E-state index contributed by atoms with van der Waals surface area (Å²) in [6.45, 7) is 1.08. The van der Waals surface area contributed by atoms with E-state index in [-0.39, 0.29) is 0 Å². The van der Waals surface area contributed by atoms with Crippen LogP contribution in [0.5, 0.6) is 5.75 Å². The molecule has 0 fully saturated rings. The molecule has 2 aromatic carbocycles. The maximum absolute atomic E-state index is 13.0. The first-order valence-corrected chi connectivity index (χ1v) is 12.5. The number of nitrogens with two attached hydrogens (primary N) is 1. The highest BCUT2D eigenvalue weighted by molar-refractivity contribution is 6.31. The zero-order chi connectivity index (χ0) is 31.0. The molecule has 0 saturated heterocycles. The highest BCUT2D eigenvalue weighted by Crippen LogP contribution is 2.33. The van der Waals surface area contributed by atoms with Gasteiger partial charge >= 0.3 is 12.4 Å². The van der Waals surface area contributed by atoms with Crippen molar-refractivity contribution in [3.05, 3.63) is 58.6 Å². The molecule has 0 bridgehead atoms. The first-order valence-electron chi connectivity index (χ1n) is 12.1. The monoisotopic (exact) mass is 608 g/mol. The number of benzodiazepines with no additional fused rings is 1. The Kier molecular flexibility index (Phi) is 11.6. The number of halogens is 7. The van der Waals surface area contributed by atoms with Crippen LogP contribution < -0.4 is 21.1 Å². The maximum Gasteiger partial charge on any atom is 0.389 e. The van der Waals surface area contributed by atoms with Crippen molar-refractivity contribution in [2.24, 2.45) is 16.6 Å². The van der Waals surface area contributed by atoms with Crippen LogP contribution >= 0.6 is 11.6 Å². The van der Waals surface area contributed by atoms with Crippen molar-refractivity contribution in [3.63, 3.8) is 0 Å². The molecule has 2 atom stereocenters. The first kappa shape index (κ1) is 33.4. The van der Waals surface area contributed by atoms with E-state index < -0.39 is 67.8 Å². The van der Waals surface area contributed by atoms with Crippen LogP contribution in [-0.4, -0.2) is 49.1 Å². The van der Waals surface area contributed by atoms with Gasteiger partial charge in [-0.3, -0.25) is 14.4 Å². The topological polar surface area (TPSA) is 123 Å². The molecule has 4 N–H and O–H groups in total. The summed E-state index contributed by atoms with van der Waals surface area (Å²) < 4.78 is 75.9. The zero-order valence-corrected chi connectivity index (χ0v) is 22.6.